The van der Waals surface area contributed by atoms with Crippen molar-refractivity contribution in [3.8, 4) is 0 Å². The fraction of sp³-hybridized carbons (Fsp3) is 0.591. The van der Waals surface area contributed by atoms with Crippen molar-refractivity contribution in [2.45, 2.75) is 56.8 Å². The molecule has 148 valence electrons. The van der Waals surface area contributed by atoms with E-state index in [1.165, 1.54) is 0 Å². The molecule has 1 unspecified atom stereocenters. The minimum absolute atomic E-state index is 0.200. The predicted octanol–water partition coefficient (Wildman–Crippen LogP) is 3.21. The molecular weight excluding hydrogens is 344 g/mol. The molecule has 27 heavy (non-hydrogen) atoms. The van der Waals surface area contributed by atoms with E-state index in [0.717, 1.165) is 24.8 Å². The summed E-state index contributed by atoms with van der Waals surface area (Å²) >= 11 is 0. The number of unbranched alkanes of at least 4 members (excludes halogenated alkanes) is 1. The maximum Gasteiger partial charge on any atom is 0.303 e. The lowest BCUT2D eigenvalue weighted by atomic mass is 9.79. The van der Waals surface area contributed by atoms with Crippen molar-refractivity contribution in [1.29, 1.82) is 0 Å². The highest BCUT2D eigenvalue weighted by Crippen LogP contribution is 2.44. The van der Waals surface area contributed by atoms with Gasteiger partial charge in [-0.05, 0) is 31.2 Å². The van der Waals surface area contributed by atoms with E-state index < -0.39 is 12.1 Å². The minimum Gasteiger partial charge on any atom is -0.481 e. The van der Waals surface area contributed by atoms with E-state index in [1.54, 1.807) is 0 Å². The maximum atomic E-state index is 10.5. The van der Waals surface area contributed by atoms with Gasteiger partial charge in [-0.3, -0.25) is 4.79 Å². The summed E-state index contributed by atoms with van der Waals surface area (Å²) in [4.78, 5) is 10.5. The number of hydrogen-bond donors (Lipinski definition) is 2. The molecular formula is C22H30O5. The lowest BCUT2D eigenvalue weighted by molar-refractivity contribution is -0.137. The molecule has 2 N–H and O–H groups in total. The van der Waals surface area contributed by atoms with Crippen LogP contribution in [0.25, 0.3) is 0 Å². The van der Waals surface area contributed by atoms with Gasteiger partial charge in [0.05, 0.1) is 24.9 Å². The number of rotatable bonds is 11. The Morgan fingerprint density at radius 3 is 2.78 bits per heavy atom. The first-order chi connectivity index (χ1) is 13.1. The molecule has 5 atom stereocenters. The number of aliphatic hydroxyl groups excluding tert-OH is 1. The fourth-order valence-electron chi connectivity index (χ4n) is 4.18. The largest absolute Gasteiger partial charge is 0.481 e. The van der Waals surface area contributed by atoms with Crippen LogP contribution in [-0.4, -0.2) is 47.7 Å². The molecule has 0 aromatic heterocycles. The van der Waals surface area contributed by atoms with Crippen molar-refractivity contribution in [2.24, 2.45) is 11.8 Å². The zero-order valence-electron chi connectivity index (χ0n) is 15.7. The molecule has 2 fully saturated rings. The third-order valence-electron chi connectivity index (χ3n) is 5.57. The van der Waals surface area contributed by atoms with Gasteiger partial charge in [0.2, 0.25) is 0 Å². The number of carbonyl (C=O) groups is 1. The molecule has 0 spiro atoms. The third-order valence-corrected chi connectivity index (χ3v) is 5.57. The fourth-order valence-corrected chi connectivity index (χ4v) is 4.18. The first-order valence-corrected chi connectivity index (χ1v) is 9.99. The summed E-state index contributed by atoms with van der Waals surface area (Å²) in [5.41, 5.74) is 1.13. The van der Waals surface area contributed by atoms with Gasteiger partial charge in [-0.1, -0.05) is 42.5 Å². The van der Waals surface area contributed by atoms with Crippen LogP contribution < -0.4 is 0 Å². The summed E-state index contributed by atoms with van der Waals surface area (Å²) in [6.07, 6.45) is 8.39. The number of hydrogen-bond acceptors (Lipinski definition) is 4. The maximum absolute atomic E-state index is 10.5. The van der Waals surface area contributed by atoms with E-state index in [2.05, 4.69) is 6.08 Å². The predicted molar refractivity (Wildman–Crippen MR) is 102 cm³/mol. The smallest absolute Gasteiger partial charge is 0.303 e. The molecule has 2 heterocycles. The summed E-state index contributed by atoms with van der Waals surface area (Å²) in [5.74, 6) is -0.146. The number of aliphatic hydroxyl groups is 1. The number of aliphatic carboxylic acids is 1. The highest BCUT2D eigenvalue weighted by Gasteiger charge is 2.47. The lowest BCUT2D eigenvalue weighted by Crippen LogP contribution is -2.30. The molecule has 2 saturated heterocycles. The topological polar surface area (TPSA) is 76.0 Å². The second-order valence-electron chi connectivity index (χ2n) is 7.60. The van der Waals surface area contributed by atoms with Gasteiger partial charge in [-0.15, -0.1) is 0 Å². The van der Waals surface area contributed by atoms with E-state index in [-0.39, 0.29) is 24.5 Å². The summed E-state index contributed by atoms with van der Waals surface area (Å²) in [6.45, 7) is 1.23. The molecule has 2 bridgehead atoms. The van der Waals surface area contributed by atoms with Gasteiger partial charge >= 0.3 is 5.97 Å². The Kier molecular flexibility index (Phi) is 7.44. The standard InChI is InChI=1S/C22H30O5/c23-17(14-16-6-2-1-3-7-16)9-10-18-19(21-12-11-20(18)27-21)15-26-13-5-4-8-22(24)25/h1-3,6-7,9-10,17-21,23H,4-5,8,11-15H2,(H,24,25)/b10-9+/t17?,18-,19+,20-,21+/m1/s1. The van der Waals surface area contributed by atoms with E-state index in [4.69, 9.17) is 14.6 Å². The first-order valence-electron chi connectivity index (χ1n) is 9.99. The van der Waals surface area contributed by atoms with Crippen molar-refractivity contribution in [3.05, 3.63) is 48.0 Å². The Balaban J connectivity index is 1.45. The van der Waals surface area contributed by atoms with Crippen LogP contribution in [0.1, 0.15) is 37.7 Å². The number of benzene rings is 1. The molecule has 5 nitrogen and oxygen atoms in total. The van der Waals surface area contributed by atoms with Crippen molar-refractivity contribution < 1.29 is 24.5 Å². The second kappa shape index (κ2) is 10.0. The number of carboxylic acids is 1. The summed E-state index contributed by atoms with van der Waals surface area (Å²) < 4.78 is 11.9. The molecule has 2 aliphatic rings. The molecule has 0 amide bonds. The van der Waals surface area contributed by atoms with Crippen LogP contribution in [0.2, 0.25) is 0 Å². The second-order valence-corrected chi connectivity index (χ2v) is 7.60. The third kappa shape index (κ3) is 5.89. The van der Waals surface area contributed by atoms with E-state index in [9.17, 15) is 9.90 Å². The van der Waals surface area contributed by atoms with Crippen LogP contribution >= 0.6 is 0 Å². The number of ether oxygens (including phenoxy) is 2. The molecule has 1 aromatic carbocycles. The molecule has 0 radical (unpaired) electrons. The Morgan fingerprint density at radius 2 is 2.00 bits per heavy atom. The van der Waals surface area contributed by atoms with Crippen LogP contribution in [0, 0.1) is 11.8 Å². The van der Waals surface area contributed by atoms with Gasteiger partial charge < -0.3 is 19.7 Å². The van der Waals surface area contributed by atoms with E-state index in [1.807, 2.05) is 36.4 Å². The summed E-state index contributed by atoms with van der Waals surface area (Å²) in [6, 6.07) is 10.0. The van der Waals surface area contributed by atoms with Gasteiger partial charge in [0, 0.05) is 31.3 Å². The van der Waals surface area contributed by atoms with Gasteiger partial charge in [-0.25, -0.2) is 0 Å². The van der Waals surface area contributed by atoms with Crippen LogP contribution in [0.5, 0.6) is 0 Å². The van der Waals surface area contributed by atoms with Gasteiger partial charge in [0.25, 0.3) is 0 Å². The lowest BCUT2D eigenvalue weighted by Gasteiger charge is -2.25. The molecule has 0 saturated carbocycles. The Bertz CT molecular complexity index is 614. The van der Waals surface area contributed by atoms with E-state index >= 15 is 0 Å². The quantitative estimate of drug-likeness (QED) is 0.459. The van der Waals surface area contributed by atoms with Gasteiger partial charge in [0.1, 0.15) is 0 Å². The molecule has 2 aliphatic heterocycles. The average molecular weight is 374 g/mol. The summed E-state index contributed by atoms with van der Waals surface area (Å²) in [5, 5.41) is 19.0. The number of carboxylic acid groups (broad SMARTS) is 1. The first kappa shape index (κ1) is 20.1. The monoisotopic (exact) mass is 374 g/mol. The van der Waals surface area contributed by atoms with Crippen molar-refractivity contribution in [1.82, 2.24) is 0 Å². The molecule has 5 heteroatoms. The zero-order valence-corrected chi connectivity index (χ0v) is 15.7. The van der Waals surface area contributed by atoms with E-state index in [0.29, 0.717) is 32.0 Å². The zero-order chi connectivity index (χ0) is 19.1. The van der Waals surface area contributed by atoms with Gasteiger partial charge in [-0.2, -0.15) is 0 Å². The Morgan fingerprint density at radius 1 is 1.22 bits per heavy atom. The highest BCUT2D eigenvalue weighted by molar-refractivity contribution is 5.66. The van der Waals surface area contributed by atoms with Crippen LogP contribution in [0.4, 0.5) is 0 Å². The number of fused-ring (bicyclic) bond motifs is 2. The van der Waals surface area contributed by atoms with Crippen molar-refractivity contribution >= 4 is 5.97 Å². The average Bonchev–Trinajstić information content (AvgIpc) is 3.25. The Labute approximate surface area is 161 Å². The van der Waals surface area contributed by atoms with Crippen LogP contribution in [-0.2, 0) is 20.7 Å². The minimum atomic E-state index is -0.754. The van der Waals surface area contributed by atoms with Crippen LogP contribution in [0.3, 0.4) is 0 Å². The Hall–Kier alpha value is -1.69. The normalized spacial score (nSPS) is 28.0. The van der Waals surface area contributed by atoms with Gasteiger partial charge in [0.15, 0.2) is 0 Å². The van der Waals surface area contributed by atoms with Crippen molar-refractivity contribution in [3.63, 3.8) is 0 Å². The summed E-state index contributed by atoms with van der Waals surface area (Å²) in [7, 11) is 0. The molecule has 3 rings (SSSR count). The van der Waals surface area contributed by atoms with Crippen molar-refractivity contribution in [2.75, 3.05) is 13.2 Å². The van der Waals surface area contributed by atoms with Crippen LogP contribution in [0.15, 0.2) is 42.5 Å². The molecule has 1 aromatic rings. The molecule has 0 aliphatic carbocycles. The highest BCUT2D eigenvalue weighted by atomic mass is 16.5. The SMILES string of the molecule is O=C(O)CCCCOC[C@H]1[C@@H](/C=C/C(O)Cc2ccccc2)[C@H]2CC[C@@H]1O2.